The summed E-state index contributed by atoms with van der Waals surface area (Å²) in [5.41, 5.74) is 2.63. The number of hydrogen-bond donors (Lipinski definition) is 1. The van der Waals surface area contributed by atoms with Crippen molar-refractivity contribution in [3.63, 3.8) is 0 Å². The Labute approximate surface area is 199 Å². The van der Waals surface area contributed by atoms with E-state index in [0.717, 1.165) is 42.6 Å². The Hall–Kier alpha value is -2.17. The molecule has 0 aromatic carbocycles. The first-order valence-electron chi connectivity index (χ1n) is 10.7. The monoisotopic (exact) mass is 490 g/mol. The SMILES string of the molecule is CCOC(=O)c1c(NC(=O)CSc2nnc(-c3csc(C)c3)n2CC)sc2c1CCCC2. The maximum absolute atomic E-state index is 12.8. The van der Waals surface area contributed by atoms with Crippen LogP contribution in [0.5, 0.6) is 0 Å². The van der Waals surface area contributed by atoms with Crippen LogP contribution in [0.1, 0.15) is 52.4 Å². The predicted molar refractivity (Wildman–Crippen MR) is 130 cm³/mol. The van der Waals surface area contributed by atoms with E-state index in [1.807, 2.05) is 11.5 Å². The number of carbonyl (C=O) groups excluding carboxylic acids is 2. The number of thiophene rings is 2. The van der Waals surface area contributed by atoms with Gasteiger partial charge in [-0.25, -0.2) is 4.79 Å². The summed E-state index contributed by atoms with van der Waals surface area (Å²) in [6, 6.07) is 2.09. The molecular formula is C22H26N4O3S3. The summed E-state index contributed by atoms with van der Waals surface area (Å²) in [4.78, 5) is 27.8. The van der Waals surface area contributed by atoms with E-state index in [4.69, 9.17) is 4.74 Å². The Morgan fingerprint density at radius 1 is 1.25 bits per heavy atom. The molecule has 0 aliphatic heterocycles. The van der Waals surface area contributed by atoms with Crippen molar-refractivity contribution in [2.75, 3.05) is 17.7 Å². The summed E-state index contributed by atoms with van der Waals surface area (Å²) in [6.07, 6.45) is 3.96. The van der Waals surface area contributed by atoms with Crippen LogP contribution in [0.4, 0.5) is 5.00 Å². The Morgan fingerprint density at radius 2 is 2.06 bits per heavy atom. The minimum Gasteiger partial charge on any atom is -0.462 e. The second-order valence-electron chi connectivity index (χ2n) is 7.47. The first kappa shape index (κ1) is 23.0. The molecule has 1 amide bonds. The van der Waals surface area contributed by atoms with Gasteiger partial charge in [-0.05, 0) is 58.1 Å². The quantitative estimate of drug-likeness (QED) is 0.346. The summed E-state index contributed by atoms with van der Waals surface area (Å²) >= 11 is 4.53. The van der Waals surface area contributed by atoms with E-state index >= 15 is 0 Å². The number of nitrogens with zero attached hydrogens (tertiary/aromatic N) is 3. The van der Waals surface area contributed by atoms with Gasteiger partial charge < -0.3 is 14.6 Å². The number of thioether (sulfide) groups is 1. The molecule has 0 unspecified atom stereocenters. The third kappa shape index (κ3) is 4.77. The molecular weight excluding hydrogens is 464 g/mol. The van der Waals surface area contributed by atoms with Gasteiger partial charge in [-0.1, -0.05) is 11.8 Å². The van der Waals surface area contributed by atoms with Crippen LogP contribution >= 0.6 is 34.4 Å². The zero-order chi connectivity index (χ0) is 22.7. The van der Waals surface area contributed by atoms with Gasteiger partial charge >= 0.3 is 5.97 Å². The molecule has 0 bridgehead atoms. The number of hydrogen-bond acceptors (Lipinski definition) is 8. The summed E-state index contributed by atoms with van der Waals surface area (Å²) in [7, 11) is 0. The molecule has 1 N–H and O–H groups in total. The lowest BCUT2D eigenvalue weighted by Gasteiger charge is -2.12. The Morgan fingerprint density at radius 3 is 2.78 bits per heavy atom. The van der Waals surface area contributed by atoms with Crippen LogP contribution in [0.15, 0.2) is 16.6 Å². The molecule has 1 aliphatic rings. The number of aromatic nitrogens is 3. The van der Waals surface area contributed by atoms with Crippen LogP contribution in [-0.2, 0) is 28.9 Å². The van der Waals surface area contributed by atoms with Crippen molar-refractivity contribution < 1.29 is 14.3 Å². The molecule has 3 aromatic heterocycles. The van der Waals surface area contributed by atoms with Crippen molar-refractivity contribution in [2.45, 2.75) is 58.2 Å². The average Bonchev–Trinajstić information content (AvgIpc) is 3.48. The first-order chi connectivity index (χ1) is 15.5. The van der Waals surface area contributed by atoms with Gasteiger partial charge in [-0.3, -0.25) is 4.79 Å². The Kier molecular flexibility index (Phi) is 7.32. The van der Waals surface area contributed by atoms with Crippen LogP contribution in [0.2, 0.25) is 0 Å². The molecule has 10 heteroatoms. The molecule has 0 saturated carbocycles. The fraction of sp³-hybridized carbons (Fsp3) is 0.455. The highest BCUT2D eigenvalue weighted by Gasteiger charge is 2.27. The van der Waals surface area contributed by atoms with Gasteiger partial charge in [0.15, 0.2) is 11.0 Å². The standard InChI is InChI=1S/C22H26N4O3S3/c1-4-26-19(14-10-13(3)30-11-14)24-25-22(26)31-12-17(27)23-20-18(21(28)29-5-2)15-8-6-7-9-16(15)32-20/h10-11H,4-9,12H2,1-3H3,(H,23,27). The lowest BCUT2D eigenvalue weighted by Crippen LogP contribution is -2.17. The molecule has 0 fully saturated rings. The lowest BCUT2D eigenvalue weighted by atomic mass is 9.95. The van der Waals surface area contributed by atoms with Gasteiger partial charge in [0.2, 0.25) is 5.91 Å². The van der Waals surface area contributed by atoms with E-state index in [-0.39, 0.29) is 17.6 Å². The molecule has 0 spiro atoms. The number of rotatable bonds is 8. The van der Waals surface area contributed by atoms with Gasteiger partial charge in [0.1, 0.15) is 5.00 Å². The Balaban J connectivity index is 1.48. The molecule has 1 aliphatic carbocycles. The highest BCUT2D eigenvalue weighted by Crippen LogP contribution is 2.38. The number of esters is 1. The molecule has 0 saturated heterocycles. The average molecular weight is 491 g/mol. The van der Waals surface area contributed by atoms with Crippen molar-refractivity contribution in [2.24, 2.45) is 0 Å². The van der Waals surface area contributed by atoms with Crippen LogP contribution in [0.3, 0.4) is 0 Å². The van der Waals surface area contributed by atoms with Gasteiger partial charge in [0.05, 0.1) is 17.9 Å². The maximum atomic E-state index is 12.8. The molecule has 3 heterocycles. The van der Waals surface area contributed by atoms with E-state index in [9.17, 15) is 9.59 Å². The highest BCUT2D eigenvalue weighted by atomic mass is 32.2. The van der Waals surface area contributed by atoms with Gasteiger partial charge in [0, 0.05) is 27.2 Å². The zero-order valence-corrected chi connectivity index (χ0v) is 20.8. The maximum Gasteiger partial charge on any atom is 0.341 e. The van der Waals surface area contributed by atoms with Crippen molar-refractivity contribution in [1.29, 1.82) is 0 Å². The molecule has 0 radical (unpaired) electrons. The predicted octanol–water partition coefficient (Wildman–Crippen LogP) is 5.18. The summed E-state index contributed by atoms with van der Waals surface area (Å²) in [6.45, 7) is 6.92. The van der Waals surface area contributed by atoms with E-state index in [2.05, 4.69) is 33.9 Å². The number of nitrogens with one attached hydrogen (secondary N) is 1. The van der Waals surface area contributed by atoms with Crippen molar-refractivity contribution in [1.82, 2.24) is 14.8 Å². The van der Waals surface area contributed by atoms with Crippen LogP contribution in [-0.4, -0.2) is 39.0 Å². The van der Waals surface area contributed by atoms with E-state index < -0.39 is 0 Å². The normalized spacial score (nSPS) is 13.1. The number of ether oxygens (including phenoxy) is 1. The third-order valence-corrected chi connectivity index (χ3v) is 8.29. The first-order valence-corrected chi connectivity index (χ1v) is 13.4. The zero-order valence-electron chi connectivity index (χ0n) is 18.4. The lowest BCUT2D eigenvalue weighted by molar-refractivity contribution is -0.113. The molecule has 4 rings (SSSR count). The number of amides is 1. The van der Waals surface area contributed by atoms with Crippen molar-refractivity contribution >= 4 is 51.3 Å². The minimum atomic E-state index is -0.351. The fourth-order valence-electron chi connectivity index (χ4n) is 3.82. The Bertz CT molecular complexity index is 1130. The number of aryl methyl sites for hydroxylation is 2. The van der Waals surface area contributed by atoms with E-state index in [1.54, 1.807) is 18.3 Å². The molecule has 32 heavy (non-hydrogen) atoms. The summed E-state index contributed by atoms with van der Waals surface area (Å²) in [5.74, 6) is 0.482. The topological polar surface area (TPSA) is 86.1 Å². The number of anilines is 1. The van der Waals surface area contributed by atoms with E-state index in [1.165, 1.54) is 32.9 Å². The van der Waals surface area contributed by atoms with Crippen LogP contribution in [0.25, 0.3) is 11.4 Å². The smallest absolute Gasteiger partial charge is 0.341 e. The molecule has 0 atom stereocenters. The van der Waals surface area contributed by atoms with Gasteiger partial charge in [-0.15, -0.1) is 32.9 Å². The van der Waals surface area contributed by atoms with Crippen LogP contribution in [0, 0.1) is 6.92 Å². The highest BCUT2D eigenvalue weighted by molar-refractivity contribution is 7.99. The molecule has 3 aromatic rings. The number of fused-ring (bicyclic) bond motifs is 1. The van der Waals surface area contributed by atoms with Gasteiger partial charge in [-0.2, -0.15) is 0 Å². The largest absolute Gasteiger partial charge is 0.462 e. The van der Waals surface area contributed by atoms with Gasteiger partial charge in [0.25, 0.3) is 0 Å². The third-order valence-electron chi connectivity index (χ3n) is 5.26. The minimum absolute atomic E-state index is 0.169. The summed E-state index contributed by atoms with van der Waals surface area (Å²) < 4.78 is 7.29. The molecule has 7 nitrogen and oxygen atoms in total. The van der Waals surface area contributed by atoms with E-state index in [0.29, 0.717) is 28.9 Å². The fourth-order valence-corrected chi connectivity index (χ4v) is 6.60. The molecule has 170 valence electrons. The van der Waals surface area contributed by atoms with Crippen molar-refractivity contribution in [3.8, 4) is 11.4 Å². The summed E-state index contributed by atoms with van der Waals surface area (Å²) in [5, 5.41) is 15.0. The van der Waals surface area contributed by atoms with Crippen molar-refractivity contribution in [3.05, 3.63) is 32.3 Å². The second kappa shape index (κ2) is 10.2. The van der Waals surface area contributed by atoms with Crippen LogP contribution < -0.4 is 5.32 Å². The second-order valence-corrected chi connectivity index (χ2v) is 10.6. The number of carbonyl (C=O) groups is 2.